The van der Waals surface area contributed by atoms with Gasteiger partial charge in [0.1, 0.15) is 5.54 Å². The van der Waals surface area contributed by atoms with Gasteiger partial charge < -0.3 is 15.7 Å². The SMILES string of the molecule is O=C(NCCc1ccc(Cl)cc1)NC1(C(=O)O)CCCC1. The summed E-state index contributed by atoms with van der Waals surface area (Å²) >= 11 is 5.80. The smallest absolute Gasteiger partial charge is 0.329 e. The number of hydrogen-bond donors (Lipinski definition) is 3. The highest BCUT2D eigenvalue weighted by Gasteiger charge is 2.42. The number of carbonyl (C=O) groups is 2. The molecule has 0 spiro atoms. The predicted molar refractivity (Wildman–Crippen MR) is 80.5 cm³/mol. The van der Waals surface area contributed by atoms with Crippen molar-refractivity contribution >= 4 is 23.6 Å². The zero-order chi connectivity index (χ0) is 15.3. The van der Waals surface area contributed by atoms with Crippen LogP contribution in [-0.4, -0.2) is 29.2 Å². The largest absolute Gasteiger partial charge is 0.480 e. The molecule has 2 amide bonds. The van der Waals surface area contributed by atoms with Gasteiger partial charge in [0.05, 0.1) is 0 Å². The van der Waals surface area contributed by atoms with Gasteiger partial charge in [-0.2, -0.15) is 0 Å². The van der Waals surface area contributed by atoms with E-state index in [0.717, 1.165) is 18.4 Å². The fraction of sp³-hybridized carbons (Fsp3) is 0.467. The van der Waals surface area contributed by atoms with Crippen LogP contribution in [0.15, 0.2) is 24.3 Å². The zero-order valence-electron chi connectivity index (χ0n) is 11.7. The maximum atomic E-state index is 11.8. The fourth-order valence-corrected chi connectivity index (χ4v) is 2.73. The molecule has 3 N–H and O–H groups in total. The van der Waals surface area contributed by atoms with E-state index in [1.807, 2.05) is 12.1 Å². The molecule has 21 heavy (non-hydrogen) atoms. The first-order valence-electron chi connectivity index (χ1n) is 7.06. The van der Waals surface area contributed by atoms with Crippen LogP contribution in [0.3, 0.4) is 0 Å². The molecule has 1 aliphatic rings. The fourth-order valence-electron chi connectivity index (χ4n) is 2.60. The van der Waals surface area contributed by atoms with Gasteiger partial charge in [0.15, 0.2) is 0 Å². The topological polar surface area (TPSA) is 78.4 Å². The van der Waals surface area contributed by atoms with Crippen molar-refractivity contribution < 1.29 is 14.7 Å². The lowest BCUT2D eigenvalue weighted by Crippen LogP contribution is -2.55. The molecule has 0 unspecified atom stereocenters. The van der Waals surface area contributed by atoms with E-state index in [2.05, 4.69) is 10.6 Å². The Kier molecular flexibility index (Phi) is 5.07. The lowest BCUT2D eigenvalue weighted by Gasteiger charge is -2.25. The average Bonchev–Trinajstić information content (AvgIpc) is 2.91. The zero-order valence-corrected chi connectivity index (χ0v) is 12.4. The van der Waals surface area contributed by atoms with E-state index >= 15 is 0 Å². The van der Waals surface area contributed by atoms with Gasteiger partial charge >= 0.3 is 12.0 Å². The van der Waals surface area contributed by atoms with Gasteiger partial charge in [0, 0.05) is 11.6 Å². The normalized spacial score (nSPS) is 16.4. The number of amides is 2. The van der Waals surface area contributed by atoms with Crippen molar-refractivity contribution in [1.82, 2.24) is 10.6 Å². The second-order valence-corrected chi connectivity index (χ2v) is 5.79. The van der Waals surface area contributed by atoms with Crippen LogP contribution >= 0.6 is 11.6 Å². The third kappa shape index (κ3) is 4.11. The number of nitrogens with one attached hydrogen (secondary N) is 2. The van der Waals surface area contributed by atoms with Crippen LogP contribution in [0.2, 0.25) is 5.02 Å². The van der Waals surface area contributed by atoms with Crippen LogP contribution in [0.1, 0.15) is 31.2 Å². The summed E-state index contributed by atoms with van der Waals surface area (Å²) in [4.78, 5) is 23.2. The highest BCUT2D eigenvalue weighted by Crippen LogP contribution is 2.29. The van der Waals surface area contributed by atoms with Crippen LogP contribution in [-0.2, 0) is 11.2 Å². The third-order valence-electron chi connectivity index (χ3n) is 3.83. The van der Waals surface area contributed by atoms with Crippen molar-refractivity contribution in [3.63, 3.8) is 0 Å². The number of aliphatic carboxylic acids is 1. The molecule has 1 saturated carbocycles. The summed E-state index contributed by atoms with van der Waals surface area (Å²) < 4.78 is 0. The molecule has 0 saturated heterocycles. The minimum Gasteiger partial charge on any atom is -0.480 e. The number of carboxylic acid groups (broad SMARTS) is 1. The Morgan fingerprint density at radius 2 is 1.81 bits per heavy atom. The Balaban J connectivity index is 1.79. The van der Waals surface area contributed by atoms with Crippen molar-refractivity contribution in [1.29, 1.82) is 0 Å². The summed E-state index contributed by atoms with van der Waals surface area (Å²) in [5.74, 6) is -0.951. The number of carbonyl (C=O) groups excluding carboxylic acids is 1. The number of halogens is 1. The first-order valence-corrected chi connectivity index (χ1v) is 7.43. The maximum absolute atomic E-state index is 11.8. The van der Waals surface area contributed by atoms with Crippen molar-refractivity contribution in [3.8, 4) is 0 Å². The lowest BCUT2D eigenvalue weighted by atomic mass is 9.98. The van der Waals surface area contributed by atoms with Crippen molar-refractivity contribution in [3.05, 3.63) is 34.9 Å². The second kappa shape index (κ2) is 6.80. The van der Waals surface area contributed by atoms with Crippen LogP contribution in [0.5, 0.6) is 0 Å². The number of hydrogen-bond acceptors (Lipinski definition) is 2. The Morgan fingerprint density at radius 1 is 1.19 bits per heavy atom. The Labute approximate surface area is 128 Å². The van der Waals surface area contributed by atoms with Crippen LogP contribution in [0.4, 0.5) is 4.79 Å². The number of benzene rings is 1. The summed E-state index contributed by atoms with van der Waals surface area (Å²) in [6, 6.07) is 6.98. The highest BCUT2D eigenvalue weighted by molar-refractivity contribution is 6.30. The average molecular weight is 311 g/mol. The Morgan fingerprint density at radius 3 is 2.38 bits per heavy atom. The van der Waals surface area contributed by atoms with Crippen LogP contribution < -0.4 is 10.6 Å². The van der Waals surface area contributed by atoms with Gasteiger partial charge in [-0.3, -0.25) is 0 Å². The first kappa shape index (κ1) is 15.6. The van der Waals surface area contributed by atoms with Crippen molar-refractivity contribution in [2.24, 2.45) is 0 Å². The summed E-state index contributed by atoms with van der Waals surface area (Å²) in [5, 5.41) is 15.3. The standard InChI is InChI=1S/C15H19ClN2O3/c16-12-5-3-11(4-6-12)7-10-17-14(21)18-15(13(19)20)8-1-2-9-15/h3-6H,1-2,7-10H2,(H,19,20)(H2,17,18,21). The molecule has 0 radical (unpaired) electrons. The van der Waals surface area contributed by atoms with E-state index in [9.17, 15) is 14.7 Å². The molecule has 0 atom stereocenters. The summed E-state index contributed by atoms with van der Waals surface area (Å²) in [5.41, 5.74) is -0.0295. The first-order chi connectivity index (χ1) is 10.0. The van der Waals surface area contributed by atoms with Gasteiger partial charge in [-0.15, -0.1) is 0 Å². The van der Waals surface area contributed by atoms with Crippen molar-refractivity contribution in [2.45, 2.75) is 37.6 Å². The summed E-state index contributed by atoms with van der Waals surface area (Å²) in [6.07, 6.45) is 3.32. The molecular weight excluding hydrogens is 292 g/mol. The van der Waals surface area contributed by atoms with Crippen molar-refractivity contribution in [2.75, 3.05) is 6.54 Å². The predicted octanol–water partition coefficient (Wildman–Crippen LogP) is 2.58. The summed E-state index contributed by atoms with van der Waals surface area (Å²) in [7, 11) is 0. The number of urea groups is 1. The molecule has 1 fully saturated rings. The molecule has 1 aromatic carbocycles. The Bertz CT molecular complexity index is 510. The quantitative estimate of drug-likeness (QED) is 0.782. The summed E-state index contributed by atoms with van der Waals surface area (Å²) in [6.45, 7) is 0.448. The van der Waals surface area contributed by atoms with Gasteiger partial charge in [-0.1, -0.05) is 36.6 Å². The molecule has 2 rings (SSSR count). The highest BCUT2D eigenvalue weighted by atomic mass is 35.5. The molecule has 0 aromatic heterocycles. The van der Waals surface area contributed by atoms with Gasteiger partial charge in [-0.05, 0) is 37.0 Å². The molecule has 114 valence electrons. The van der Waals surface area contributed by atoms with E-state index in [1.165, 1.54) is 0 Å². The molecule has 1 aliphatic carbocycles. The number of carboxylic acids is 1. The molecular formula is C15H19ClN2O3. The molecule has 0 bridgehead atoms. The molecule has 0 heterocycles. The van der Waals surface area contributed by atoms with E-state index < -0.39 is 17.5 Å². The lowest BCUT2D eigenvalue weighted by molar-refractivity contribution is -0.144. The third-order valence-corrected chi connectivity index (χ3v) is 4.08. The van der Waals surface area contributed by atoms with E-state index in [0.29, 0.717) is 30.8 Å². The Hall–Kier alpha value is -1.75. The van der Waals surface area contributed by atoms with Gasteiger partial charge in [0.2, 0.25) is 0 Å². The monoisotopic (exact) mass is 310 g/mol. The van der Waals surface area contributed by atoms with Crippen LogP contribution in [0.25, 0.3) is 0 Å². The maximum Gasteiger partial charge on any atom is 0.329 e. The van der Waals surface area contributed by atoms with Gasteiger partial charge in [-0.25, -0.2) is 9.59 Å². The molecule has 6 heteroatoms. The molecule has 1 aromatic rings. The second-order valence-electron chi connectivity index (χ2n) is 5.35. The van der Waals surface area contributed by atoms with E-state index in [4.69, 9.17) is 11.6 Å². The van der Waals surface area contributed by atoms with Crippen LogP contribution in [0, 0.1) is 0 Å². The minimum absolute atomic E-state index is 0.423. The van der Waals surface area contributed by atoms with Gasteiger partial charge in [0.25, 0.3) is 0 Å². The molecule has 5 nitrogen and oxygen atoms in total. The molecule has 0 aliphatic heterocycles. The number of rotatable bonds is 5. The van der Waals surface area contributed by atoms with E-state index in [-0.39, 0.29) is 0 Å². The minimum atomic E-state index is -1.09. The van der Waals surface area contributed by atoms with E-state index in [1.54, 1.807) is 12.1 Å².